The van der Waals surface area contributed by atoms with Crippen LogP contribution in [0, 0.1) is 17.5 Å². The molecule has 2 aromatic carbocycles. The summed E-state index contributed by atoms with van der Waals surface area (Å²) in [5, 5.41) is -0.0587. The molecule has 0 amide bonds. The molecule has 0 fully saturated rings. The highest BCUT2D eigenvalue weighted by Gasteiger charge is 2.20. The molecule has 0 unspecified atom stereocenters. The summed E-state index contributed by atoms with van der Waals surface area (Å²) in [5.41, 5.74) is 4.97. The Kier molecular flexibility index (Phi) is 3.48. The molecule has 0 bridgehead atoms. The fourth-order valence-corrected chi connectivity index (χ4v) is 1.78. The van der Waals surface area contributed by atoms with Crippen LogP contribution in [0.2, 0.25) is 5.02 Å². The smallest absolute Gasteiger partial charge is 0.197 e. The van der Waals surface area contributed by atoms with E-state index in [0.29, 0.717) is 12.1 Å². The van der Waals surface area contributed by atoms with Crippen molar-refractivity contribution in [3.63, 3.8) is 0 Å². The van der Waals surface area contributed by atoms with Gasteiger partial charge in [0, 0.05) is 11.6 Å². The highest BCUT2D eigenvalue weighted by molar-refractivity contribution is 6.37. The second-order valence-electron chi connectivity index (χ2n) is 3.78. The van der Waals surface area contributed by atoms with Crippen molar-refractivity contribution in [3.05, 3.63) is 63.9 Å². The van der Waals surface area contributed by atoms with Gasteiger partial charge in [-0.05, 0) is 18.2 Å². The monoisotopic (exact) mass is 285 g/mol. The number of hydrogen-bond acceptors (Lipinski definition) is 2. The maximum atomic E-state index is 13.5. The van der Waals surface area contributed by atoms with Gasteiger partial charge in [-0.3, -0.25) is 4.79 Å². The van der Waals surface area contributed by atoms with Crippen molar-refractivity contribution in [3.8, 4) is 0 Å². The normalized spacial score (nSPS) is 10.5. The Morgan fingerprint density at radius 3 is 2.32 bits per heavy atom. The SMILES string of the molecule is Nc1cccc(C(=O)c2cc(F)c(F)cc2F)c1Cl. The van der Waals surface area contributed by atoms with Gasteiger partial charge in [0.15, 0.2) is 17.4 Å². The zero-order valence-corrected chi connectivity index (χ0v) is 10.1. The standard InChI is InChI=1S/C13H7ClF3NO/c14-12-6(2-1-3-11(12)18)13(19)7-4-9(16)10(17)5-8(7)15/h1-5H,18H2. The number of rotatable bonds is 2. The van der Waals surface area contributed by atoms with Crippen molar-refractivity contribution >= 4 is 23.1 Å². The molecule has 2 rings (SSSR count). The lowest BCUT2D eigenvalue weighted by molar-refractivity contribution is 0.103. The van der Waals surface area contributed by atoms with Gasteiger partial charge in [0.05, 0.1) is 16.3 Å². The van der Waals surface area contributed by atoms with Crippen molar-refractivity contribution in [2.75, 3.05) is 5.73 Å². The van der Waals surface area contributed by atoms with E-state index in [9.17, 15) is 18.0 Å². The number of carbonyl (C=O) groups excluding carboxylic acids is 1. The van der Waals surface area contributed by atoms with E-state index in [4.69, 9.17) is 17.3 Å². The lowest BCUT2D eigenvalue weighted by atomic mass is 10.0. The number of benzene rings is 2. The molecule has 0 radical (unpaired) electrons. The van der Waals surface area contributed by atoms with Gasteiger partial charge < -0.3 is 5.73 Å². The molecule has 0 spiro atoms. The summed E-state index contributed by atoms with van der Waals surface area (Å²) < 4.78 is 39.4. The minimum absolute atomic E-state index is 0.0587. The molecule has 19 heavy (non-hydrogen) atoms. The number of anilines is 1. The van der Waals surface area contributed by atoms with E-state index in [1.165, 1.54) is 18.2 Å². The molecule has 6 heteroatoms. The Morgan fingerprint density at radius 1 is 1.00 bits per heavy atom. The summed E-state index contributed by atoms with van der Waals surface area (Å²) in [6, 6.07) is 5.03. The van der Waals surface area contributed by atoms with Gasteiger partial charge in [-0.2, -0.15) is 0 Å². The topological polar surface area (TPSA) is 43.1 Å². The molecule has 0 heterocycles. The molecule has 0 atom stereocenters. The Labute approximate surface area is 111 Å². The number of nitrogens with two attached hydrogens (primary N) is 1. The third-order valence-corrected chi connectivity index (χ3v) is 2.95. The molecule has 0 saturated carbocycles. The number of hydrogen-bond donors (Lipinski definition) is 1. The Bertz CT molecular complexity index is 673. The van der Waals surface area contributed by atoms with Crippen LogP contribution in [-0.2, 0) is 0 Å². The van der Waals surface area contributed by atoms with Crippen molar-refractivity contribution < 1.29 is 18.0 Å². The first-order chi connectivity index (χ1) is 8.91. The molecule has 2 N–H and O–H groups in total. The van der Waals surface area contributed by atoms with Crippen LogP contribution in [-0.4, -0.2) is 5.78 Å². The van der Waals surface area contributed by atoms with Crippen molar-refractivity contribution in [2.45, 2.75) is 0 Å². The average Bonchev–Trinajstić information content (AvgIpc) is 2.36. The van der Waals surface area contributed by atoms with E-state index in [-0.39, 0.29) is 16.3 Å². The summed E-state index contributed by atoms with van der Waals surface area (Å²) in [6.45, 7) is 0. The van der Waals surface area contributed by atoms with Crippen LogP contribution >= 0.6 is 11.6 Å². The van der Waals surface area contributed by atoms with Crippen LogP contribution in [0.1, 0.15) is 15.9 Å². The molecule has 0 aliphatic heterocycles. The maximum absolute atomic E-state index is 13.5. The van der Waals surface area contributed by atoms with Crippen molar-refractivity contribution in [1.29, 1.82) is 0 Å². The first kappa shape index (κ1) is 13.4. The Balaban J connectivity index is 2.56. The van der Waals surface area contributed by atoms with Crippen LogP contribution < -0.4 is 5.73 Å². The first-order valence-corrected chi connectivity index (χ1v) is 5.53. The summed E-state index contributed by atoms with van der Waals surface area (Å²) in [4.78, 5) is 12.0. The van der Waals surface area contributed by atoms with Crippen LogP contribution in [0.15, 0.2) is 30.3 Å². The fraction of sp³-hybridized carbons (Fsp3) is 0. The van der Waals surface area contributed by atoms with Crippen molar-refractivity contribution in [2.24, 2.45) is 0 Å². The highest BCUT2D eigenvalue weighted by atomic mass is 35.5. The highest BCUT2D eigenvalue weighted by Crippen LogP contribution is 2.26. The minimum atomic E-state index is -1.37. The van der Waals surface area contributed by atoms with Gasteiger partial charge in [-0.25, -0.2) is 13.2 Å². The van der Waals surface area contributed by atoms with E-state index >= 15 is 0 Å². The Morgan fingerprint density at radius 2 is 1.63 bits per heavy atom. The molecule has 0 aliphatic rings. The van der Waals surface area contributed by atoms with Gasteiger partial charge in [-0.1, -0.05) is 17.7 Å². The van der Waals surface area contributed by atoms with E-state index in [0.717, 1.165) is 0 Å². The summed E-state index contributed by atoms with van der Waals surface area (Å²) >= 11 is 5.83. The van der Waals surface area contributed by atoms with Gasteiger partial charge in [0.25, 0.3) is 0 Å². The van der Waals surface area contributed by atoms with E-state index in [1.54, 1.807) is 0 Å². The quantitative estimate of drug-likeness (QED) is 0.521. The van der Waals surface area contributed by atoms with Gasteiger partial charge >= 0.3 is 0 Å². The summed E-state index contributed by atoms with van der Waals surface area (Å²) in [5.74, 6) is -4.71. The van der Waals surface area contributed by atoms with E-state index in [2.05, 4.69) is 0 Å². The number of ketones is 1. The third-order valence-electron chi connectivity index (χ3n) is 2.53. The fourth-order valence-electron chi connectivity index (χ4n) is 1.57. The predicted molar refractivity (Wildman–Crippen MR) is 65.6 cm³/mol. The molecule has 0 saturated heterocycles. The molecule has 2 aromatic rings. The average molecular weight is 286 g/mol. The number of nitrogen functional groups attached to an aromatic ring is 1. The second-order valence-corrected chi connectivity index (χ2v) is 4.16. The molecule has 0 aromatic heterocycles. The molecular weight excluding hydrogens is 279 g/mol. The molecular formula is C13H7ClF3NO. The lowest BCUT2D eigenvalue weighted by Crippen LogP contribution is -2.07. The Hall–Kier alpha value is -2.01. The van der Waals surface area contributed by atoms with Gasteiger partial charge in [0.1, 0.15) is 5.82 Å². The van der Waals surface area contributed by atoms with E-state index in [1.807, 2.05) is 0 Å². The van der Waals surface area contributed by atoms with Crippen LogP contribution in [0.5, 0.6) is 0 Å². The number of carbonyl (C=O) groups is 1. The molecule has 2 nitrogen and oxygen atoms in total. The third kappa shape index (κ3) is 2.42. The number of halogens is 4. The van der Waals surface area contributed by atoms with Crippen LogP contribution in [0.25, 0.3) is 0 Å². The zero-order chi connectivity index (χ0) is 14.2. The van der Waals surface area contributed by atoms with Gasteiger partial charge in [0.2, 0.25) is 0 Å². The largest absolute Gasteiger partial charge is 0.398 e. The minimum Gasteiger partial charge on any atom is -0.398 e. The lowest BCUT2D eigenvalue weighted by Gasteiger charge is -2.07. The zero-order valence-electron chi connectivity index (χ0n) is 9.38. The van der Waals surface area contributed by atoms with E-state index < -0.39 is 28.8 Å². The van der Waals surface area contributed by atoms with Gasteiger partial charge in [-0.15, -0.1) is 0 Å². The molecule has 0 aliphatic carbocycles. The summed E-state index contributed by atoms with van der Waals surface area (Å²) in [6.07, 6.45) is 0. The predicted octanol–water partition coefficient (Wildman–Crippen LogP) is 3.57. The second kappa shape index (κ2) is 4.93. The summed E-state index contributed by atoms with van der Waals surface area (Å²) in [7, 11) is 0. The first-order valence-electron chi connectivity index (χ1n) is 5.15. The van der Waals surface area contributed by atoms with Crippen LogP contribution in [0.4, 0.5) is 18.9 Å². The maximum Gasteiger partial charge on any atom is 0.197 e. The van der Waals surface area contributed by atoms with Crippen molar-refractivity contribution in [1.82, 2.24) is 0 Å². The molecule has 98 valence electrons. The van der Waals surface area contributed by atoms with Crippen LogP contribution in [0.3, 0.4) is 0 Å².